The van der Waals surface area contributed by atoms with Crippen molar-refractivity contribution in [3.63, 3.8) is 0 Å². The van der Waals surface area contributed by atoms with E-state index < -0.39 is 0 Å². The van der Waals surface area contributed by atoms with E-state index in [9.17, 15) is 4.79 Å². The van der Waals surface area contributed by atoms with Crippen molar-refractivity contribution in [1.82, 2.24) is 10.2 Å². The summed E-state index contributed by atoms with van der Waals surface area (Å²) in [7, 11) is 0. The Morgan fingerprint density at radius 1 is 1.11 bits per heavy atom. The molecule has 0 aliphatic carbocycles. The summed E-state index contributed by atoms with van der Waals surface area (Å²) in [5.74, 6) is 0.609. The van der Waals surface area contributed by atoms with Crippen LogP contribution in [0.25, 0.3) is 0 Å². The third kappa shape index (κ3) is 4.09. The van der Waals surface area contributed by atoms with Crippen molar-refractivity contribution in [2.75, 3.05) is 13.1 Å². The first-order valence-corrected chi connectivity index (χ1v) is 9.95. The van der Waals surface area contributed by atoms with Gasteiger partial charge in [-0.25, -0.2) is 0 Å². The Morgan fingerprint density at radius 3 is 2.68 bits per heavy atom. The Morgan fingerprint density at radius 2 is 1.93 bits per heavy atom. The molecule has 0 unspecified atom stereocenters. The van der Waals surface area contributed by atoms with Gasteiger partial charge in [0.1, 0.15) is 5.76 Å². The lowest BCUT2D eigenvalue weighted by atomic mass is 9.98. The molecular weight excluding hydrogens is 395 g/mol. The van der Waals surface area contributed by atoms with Crippen molar-refractivity contribution in [3.8, 4) is 0 Å². The van der Waals surface area contributed by atoms with E-state index in [1.165, 1.54) is 11.1 Å². The highest BCUT2D eigenvalue weighted by molar-refractivity contribution is 6.36. The van der Waals surface area contributed by atoms with Crippen LogP contribution in [-0.2, 0) is 13.0 Å². The van der Waals surface area contributed by atoms with Crippen LogP contribution in [0.2, 0.25) is 10.0 Å². The molecule has 4 nitrogen and oxygen atoms in total. The van der Waals surface area contributed by atoms with Gasteiger partial charge in [-0.15, -0.1) is 0 Å². The van der Waals surface area contributed by atoms with Crippen molar-refractivity contribution in [1.29, 1.82) is 0 Å². The molecule has 0 fully saturated rings. The molecule has 144 valence electrons. The van der Waals surface area contributed by atoms with Crippen LogP contribution >= 0.6 is 23.2 Å². The summed E-state index contributed by atoms with van der Waals surface area (Å²) < 4.78 is 5.68. The highest BCUT2D eigenvalue weighted by Gasteiger charge is 2.27. The molecule has 2 heterocycles. The quantitative estimate of drug-likeness (QED) is 0.630. The lowest BCUT2D eigenvalue weighted by Gasteiger charge is -2.34. The zero-order chi connectivity index (χ0) is 19.5. The summed E-state index contributed by atoms with van der Waals surface area (Å²) in [6.07, 6.45) is 2.64. The number of fused-ring (bicyclic) bond motifs is 1. The topological polar surface area (TPSA) is 45.5 Å². The third-order valence-electron chi connectivity index (χ3n) is 5.10. The second-order valence-corrected chi connectivity index (χ2v) is 7.70. The van der Waals surface area contributed by atoms with Gasteiger partial charge in [-0.2, -0.15) is 0 Å². The van der Waals surface area contributed by atoms with Crippen LogP contribution in [0, 0.1) is 0 Å². The van der Waals surface area contributed by atoms with Gasteiger partial charge in [0.25, 0.3) is 5.91 Å². The van der Waals surface area contributed by atoms with Crippen molar-refractivity contribution in [2.45, 2.75) is 19.0 Å². The molecule has 28 heavy (non-hydrogen) atoms. The second-order valence-electron chi connectivity index (χ2n) is 6.85. The Kier molecular flexibility index (Phi) is 5.72. The van der Waals surface area contributed by atoms with E-state index in [2.05, 4.69) is 34.5 Å². The molecule has 1 amide bonds. The van der Waals surface area contributed by atoms with Gasteiger partial charge in [0, 0.05) is 24.7 Å². The number of nitrogens with one attached hydrogen (secondary N) is 1. The number of hydrogen-bond donors (Lipinski definition) is 1. The number of furan rings is 1. The summed E-state index contributed by atoms with van der Waals surface area (Å²) in [4.78, 5) is 15.0. The van der Waals surface area contributed by atoms with Crippen molar-refractivity contribution in [3.05, 3.63) is 93.4 Å². The molecule has 0 bridgehead atoms. The second kappa shape index (κ2) is 8.39. The standard InChI is InChI=1S/C22H20Cl2N2O2/c23-17-7-8-18(19(24)12-17)22(27)25-13-20(21-6-3-11-28-21)26-10-9-15-4-1-2-5-16(15)14-26/h1-8,11-12,20H,9-10,13-14H2,(H,25,27)/t20-/m1/s1. The highest BCUT2D eigenvalue weighted by Crippen LogP contribution is 2.28. The first-order chi connectivity index (χ1) is 13.6. The van der Waals surface area contributed by atoms with Gasteiger partial charge in [0.15, 0.2) is 0 Å². The van der Waals surface area contributed by atoms with Crippen LogP contribution in [0.15, 0.2) is 65.3 Å². The summed E-state index contributed by atoms with van der Waals surface area (Å²) >= 11 is 12.1. The normalized spacial score (nSPS) is 15.1. The summed E-state index contributed by atoms with van der Waals surface area (Å²) in [5, 5.41) is 3.84. The van der Waals surface area contributed by atoms with E-state index in [0.29, 0.717) is 22.2 Å². The number of amides is 1. The number of nitrogens with zero attached hydrogens (tertiary/aromatic N) is 1. The number of rotatable bonds is 5. The SMILES string of the molecule is O=C(NC[C@H](c1ccco1)N1CCc2ccccc2C1)c1ccc(Cl)cc1Cl. The Hall–Kier alpha value is -2.27. The fourth-order valence-electron chi connectivity index (χ4n) is 3.63. The molecule has 4 rings (SSSR count). The zero-order valence-corrected chi connectivity index (χ0v) is 16.7. The first-order valence-electron chi connectivity index (χ1n) is 9.19. The van der Waals surface area contributed by atoms with Crippen LogP contribution in [-0.4, -0.2) is 23.9 Å². The molecule has 1 N–H and O–H groups in total. The maximum absolute atomic E-state index is 12.6. The van der Waals surface area contributed by atoms with E-state index in [4.69, 9.17) is 27.6 Å². The first kappa shape index (κ1) is 19.1. The zero-order valence-electron chi connectivity index (χ0n) is 15.2. The number of carbonyl (C=O) groups is 1. The van der Waals surface area contributed by atoms with Crippen molar-refractivity contribution < 1.29 is 9.21 Å². The van der Waals surface area contributed by atoms with Crippen LogP contribution in [0.1, 0.15) is 33.3 Å². The summed E-state index contributed by atoms with van der Waals surface area (Å²) in [5.41, 5.74) is 3.11. The largest absolute Gasteiger partial charge is 0.468 e. The average molecular weight is 415 g/mol. The Bertz CT molecular complexity index is 972. The average Bonchev–Trinajstić information content (AvgIpc) is 3.22. The number of carbonyl (C=O) groups excluding carboxylic acids is 1. The smallest absolute Gasteiger partial charge is 0.252 e. The predicted molar refractivity (Wildman–Crippen MR) is 111 cm³/mol. The van der Waals surface area contributed by atoms with Gasteiger partial charge < -0.3 is 9.73 Å². The number of halogens is 2. The van der Waals surface area contributed by atoms with Crippen LogP contribution in [0.3, 0.4) is 0 Å². The molecule has 1 atom stereocenters. The summed E-state index contributed by atoms with van der Waals surface area (Å²) in [6, 6.07) is 17.1. The lowest BCUT2D eigenvalue weighted by Crippen LogP contribution is -2.40. The Labute approximate surface area is 174 Å². The fourth-order valence-corrected chi connectivity index (χ4v) is 4.13. The molecule has 6 heteroatoms. The van der Waals surface area contributed by atoms with Gasteiger partial charge in [-0.05, 0) is 47.9 Å². The highest BCUT2D eigenvalue weighted by atomic mass is 35.5. The monoisotopic (exact) mass is 414 g/mol. The van der Waals surface area contributed by atoms with E-state index in [1.54, 1.807) is 24.5 Å². The Balaban J connectivity index is 1.51. The molecule has 0 saturated heterocycles. The molecule has 0 saturated carbocycles. The van der Waals surface area contributed by atoms with Crippen molar-refractivity contribution >= 4 is 29.1 Å². The fraction of sp³-hybridized carbons (Fsp3) is 0.227. The van der Waals surface area contributed by atoms with Gasteiger partial charge in [0.2, 0.25) is 0 Å². The maximum atomic E-state index is 12.6. The van der Waals surface area contributed by atoms with Crippen LogP contribution in [0.5, 0.6) is 0 Å². The van der Waals surface area contributed by atoms with Gasteiger partial charge in [-0.1, -0.05) is 47.5 Å². The van der Waals surface area contributed by atoms with Gasteiger partial charge in [0.05, 0.1) is 22.9 Å². The van der Waals surface area contributed by atoms with Crippen LogP contribution < -0.4 is 5.32 Å². The van der Waals surface area contributed by atoms with E-state index in [0.717, 1.165) is 25.3 Å². The third-order valence-corrected chi connectivity index (χ3v) is 5.65. The lowest BCUT2D eigenvalue weighted by molar-refractivity contribution is 0.0919. The van der Waals surface area contributed by atoms with E-state index in [1.807, 2.05) is 12.1 Å². The molecule has 1 aromatic heterocycles. The number of hydrogen-bond acceptors (Lipinski definition) is 3. The van der Waals surface area contributed by atoms with E-state index in [-0.39, 0.29) is 11.9 Å². The van der Waals surface area contributed by atoms with Crippen LogP contribution in [0.4, 0.5) is 0 Å². The number of benzene rings is 2. The predicted octanol–water partition coefficient (Wildman–Crippen LogP) is 5.12. The van der Waals surface area contributed by atoms with Crippen molar-refractivity contribution in [2.24, 2.45) is 0 Å². The molecule has 1 aliphatic rings. The van der Waals surface area contributed by atoms with Gasteiger partial charge in [-0.3, -0.25) is 9.69 Å². The molecular formula is C22H20Cl2N2O2. The summed E-state index contributed by atoms with van der Waals surface area (Å²) in [6.45, 7) is 2.15. The maximum Gasteiger partial charge on any atom is 0.252 e. The van der Waals surface area contributed by atoms with Gasteiger partial charge >= 0.3 is 0 Å². The van der Waals surface area contributed by atoms with E-state index >= 15 is 0 Å². The minimum absolute atomic E-state index is 0.0571. The molecule has 3 aromatic rings. The minimum atomic E-state index is -0.226. The molecule has 0 radical (unpaired) electrons. The minimum Gasteiger partial charge on any atom is -0.468 e. The molecule has 0 spiro atoms. The molecule has 2 aromatic carbocycles. The molecule has 1 aliphatic heterocycles.